The number of guanidine groups is 1. The first kappa shape index (κ1) is 24.1. The quantitative estimate of drug-likeness (QED) is 0.480. The molecule has 4 rings (SSSR count). The zero-order chi connectivity index (χ0) is 24.6. The van der Waals surface area contributed by atoms with Crippen LogP contribution < -0.4 is 5.32 Å². The Kier molecular flexibility index (Phi) is 6.83. The molecule has 34 heavy (non-hydrogen) atoms. The van der Waals surface area contributed by atoms with Gasteiger partial charge in [-0.25, -0.2) is 9.38 Å². The Bertz CT molecular complexity index is 1140. The molecule has 0 bridgehead atoms. The van der Waals surface area contributed by atoms with E-state index in [-0.39, 0.29) is 5.82 Å². The third-order valence-corrected chi connectivity index (χ3v) is 6.88. The maximum Gasteiger partial charge on any atom is 0.206 e. The van der Waals surface area contributed by atoms with Gasteiger partial charge in [-0.15, -0.1) is 0 Å². The van der Waals surface area contributed by atoms with Gasteiger partial charge in [0.2, 0.25) is 5.96 Å². The summed E-state index contributed by atoms with van der Waals surface area (Å²) in [4.78, 5) is 9.35. The Labute approximate surface area is 203 Å². The maximum atomic E-state index is 14.6. The number of likely N-dealkylation sites (tertiary alicyclic amines) is 1. The monoisotopic (exact) mass is 460 g/mol. The topological polar surface area (TPSA) is 30.9 Å². The van der Waals surface area contributed by atoms with Crippen LogP contribution in [0.5, 0.6) is 0 Å². The number of hydrogen-bond acceptors (Lipinski definition) is 4. The smallest absolute Gasteiger partial charge is 0.206 e. The number of halogens is 1. The van der Waals surface area contributed by atoms with Gasteiger partial charge in [0.1, 0.15) is 5.82 Å². The van der Waals surface area contributed by atoms with Crippen molar-refractivity contribution in [1.82, 2.24) is 9.80 Å². The van der Waals surface area contributed by atoms with Gasteiger partial charge in [0.15, 0.2) is 0 Å². The van der Waals surface area contributed by atoms with E-state index in [0.29, 0.717) is 12.5 Å². The summed E-state index contributed by atoms with van der Waals surface area (Å²) in [6.07, 6.45) is 2.52. The second-order valence-corrected chi connectivity index (χ2v) is 10.3. The van der Waals surface area contributed by atoms with Crippen LogP contribution in [0.4, 0.5) is 15.8 Å². The highest BCUT2D eigenvalue weighted by molar-refractivity contribution is 5.97. The van der Waals surface area contributed by atoms with Crippen LogP contribution in [0, 0.1) is 24.6 Å². The van der Waals surface area contributed by atoms with Crippen molar-refractivity contribution >= 4 is 28.6 Å². The van der Waals surface area contributed by atoms with Crippen molar-refractivity contribution < 1.29 is 4.39 Å². The number of aryl methyl sites for hydroxylation is 1. The number of hydrogen-bond donors (Lipinski definition) is 1. The number of fused-ring (bicyclic) bond motifs is 1. The van der Waals surface area contributed by atoms with E-state index in [2.05, 4.69) is 62.3 Å². The molecule has 0 spiro atoms. The Morgan fingerprint density at radius 1 is 1.24 bits per heavy atom. The summed E-state index contributed by atoms with van der Waals surface area (Å²) in [7, 11) is 1.97. The van der Waals surface area contributed by atoms with E-state index < -0.39 is 0 Å². The van der Waals surface area contributed by atoms with Gasteiger partial charge in [0.05, 0.1) is 5.69 Å². The first-order valence-electron chi connectivity index (χ1n) is 12.2. The van der Waals surface area contributed by atoms with E-state index in [1.807, 2.05) is 18.9 Å². The molecule has 0 unspecified atom stereocenters. The molecule has 2 aliphatic heterocycles. The van der Waals surface area contributed by atoms with Gasteiger partial charge in [0, 0.05) is 54.8 Å². The lowest BCUT2D eigenvalue weighted by Crippen LogP contribution is -2.54. The van der Waals surface area contributed by atoms with E-state index in [1.165, 1.54) is 18.4 Å². The number of anilines is 1. The molecule has 1 fully saturated rings. The third-order valence-electron chi connectivity index (χ3n) is 6.88. The van der Waals surface area contributed by atoms with E-state index >= 15 is 0 Å². The fourth-order valence-corrected chi connectivity index (χ4v) is 4.74. The standard InChI is InChI=1S/C29H37FN4/c1-18(2)8-10-22-16-34(17-22)29-32-28-23(13-24(30)14-26(28)21(6)33(29)7)15-31-27-11-9-20(5)12-25(27)19(3)4/h9,11-14,18,22,31H,3,6,8,10,15-17H2,1-2,4-5,7H3. The second-order valence-electron chi connectivity index (χ2n) is 10.3. The van der Waals surface area contributed by atoms with Crippen molar-refractivity contribution in [2.75, 3.05) is 25.5 Å². The van der Waals surface area contributed by atoms with Crippen LogP contribution in [0.15, 0.2) is 48.5 Å². The molecule has 4 nitrogen and oxygen atoms in total. The zero-order valence-electron chi connectivity index (χ0n) is 21.2. The average molecular weight is 461 g/mol. The molecular weight excluding hydrogens is 423 g/mol. The SMILES string of the molecule is C=C(C)c1cc(C)ccc1NCc1cc(F)cc2c1N=C(N1CC(CCC(C)C)C1)N(C)C2=C. The molecule has 2 aromatic carbocycles. The normalized spacial score (nSPS) is 15.9. The molecule has 0 aliphatic carbocycles. The van der Waals surface area contributed by atoms with E-state index in [0.717, 1.165) is 64.3 Å². The van der Waals surface area contributed by atoms with Crippen molar-refractivity contribution in [1.29, 1.82) is 0 Å². The lowest BCUT2D eigenvalue weighted by Gasteiger charge is -2.45. The number of aliphatic imine (C=N–C) groups is 1. The fourth-order valence-electron chi connectivity index (χ4n) is 4.74. The highest BCUT2D eigenvalue weighted by atomic mass is 19.1. The molecular formula is C29H37FN4. The minimum absolute atomic E-state index is 0.273. The summed E-state index contributed by atoms with van der Waals surface area (Å²) in [5.74, 6) is 2.08. The Hall–Kier alpha value is -3.08. The predicted octanol–water partition coefficient (Wildman–Crippen LogP) is 7.05. The van der Waals surface area contributed by atoms with Crippen LogP contribution in [0.25, 0.3) is 11.3 Å². The maximum absolute atomic E-state index is 14.6. The summed E-state index contributed by atoms with van der Waals surface area (Å²) in [6.45, 7) is 19.5. The first-order valence-corrected chi connectivity index (χ1v) is 12.2. The predicted molar refractivity (Wildman–Crippen MR) is 143 cm³/mol. The van der Waals surface area contributed by atoms with Crippen molar-refractivity contribution in [2.24, 2.45) is 16.8 Å². The second kappa shape index (κ2) is 9.65. The van der Waals surface area contributed by atoms with E-state index in [4.69, 9.17) is 4.99 Å². The van der Waals surface area contributed by atoms with Crippen molar-refractivity contribution in [3.05, 3.63) is 71.6 Å². The summed E-state index contributed by atoms with van der Waals surface area (Å²) < 4.78 is 14.6. The molecule has 0 saturated carbocycles. The number of nitrogens with zero attached hydrogens (tertiary/aromatic N) is 3. The molecule has 1 saturated heterocycles. The molecule has 0 radical (unpaired) electrons. The molecule has 1 N–H and O–H groups in total. The fraction of sp³-hybridized carbons (Fsp3) is 0.414. The molecule has 0 aromatic heterocycles. The highest BCUT2D eigenvalue weighted by Crippen LogP contribution is 2.39. The third kappa shape index (κ3) is 4.89. The van der Waals surface area contributed by atoms with Gasteiger partial charge < -0.3 is 15.1 Å². The molecule has 2 aliphatic rings. The number of allylic oxidation sites excluding steroid dienone is 1. The average Bonchev–Trinajstić information content (AvgIpc) is 2.75. The van der Waals surface area contributed by atoms with E-state index in [1.54, 1.807) is 12.1 Å². The Morgan fingerprint density at radius 3 is 2.65 bits per heavy atom. The lowest BCUT2D eigenvalue weighted by atomic mass is 9.91. The zero-order valence-corrected chi connectivity index (χ0v) is 21.2. The number of nitrogens with one attached hydrogen (secondary N) is 1. The number of rotatable bonds is 7. The molecule has 180 valence electrons. The summed E-state index contributed by atoms with van der Waals surface area (Å²) in [5, 5.41) is 3.49. The van der Waals surface area contributed by atoms with Gasteiger partial charge >= 0.3 is 0 Å². The van der Waals surface area contributed by atoms with Crippen molar-refractivity contribution in [3.8, 4) is 0 Å². The van der Waals surface area contributed by atoms with Gasteiger partial charge in [-0.05, 0) is 61.9 Å². The molecule has 0 amide bonds. The van der Waals surface area contributed by atoms with Crippen molar-refractivity contribution in [2.45, 2.75) is 47.1 Å². The van der Waals surface area contributed by atoms with E-state index in [9.17, 15) is 4.39 Å². The van der Waals surface area contributed by atoms with Crippen molar-refractivity contribution in [3.63, 3.8) is 0 Å². The van der Waals surface area contributed by atoms with Crippen LogP contribution in [-0.4, -0.2) is 35.9 Å². The van der Waals surface area contributed by atoms with Crippen LogP contribution in [0.3, 0.4) is 0 Å². The lowest BCUT2D eigenvalue weighted by molar-refractivity contribution is 0.157. The number of benzene rings is 2. The Balaban J connectivity index is 1.59. The first-order chi connectivity index (χ1) is 16.1. The summed E-state index contributed by atoms with van der Waals surface area (Å²) >= 11 is 0. The Morgan fingerprint density at radius 2 is 1.97 bits per heavy atom. The van der Waals surface area contributed by atoms with Gasteiger partial charge in [-0.1, -0.05) is 45.1 Å². The summed E-state index contributed by atoms with van der Waals surface area (Å²) in [6, 6.07) is 9.39. The molecule has 0 atom stereocenters. The highest BCUT2D eigenvalue weighted by Gasteiger charge is 2.34. The van der Waals surface area contributed by atoms with Crippen LogP contribution >= 0.6 is 0 Å². The minimum Gasteiger partial charge on any atom is -0.380 e. The molecule has 2 heterocycles. The minimum atomic E-state index is -0.273. The van der Waals surface area contributed by atoms with Gasteiger partial charge in [0.25, 0.3) is 0 Å². The molecule has 2 aromatic rings. The largest absolute Gasteiger partial charge is 0.380 e. The van der Waals surface area contributed by atoms with Gasteiger partial charge in [-0.3, -0.25) is 0 Å². The summed E-state index contributed by atoms with van der Waals surface area (Å²) in [5.41, 5.74) is 7.41. The van der Waals surface area contributed by atoms with Crippen LogP contribution in [0.2, 0.25) is 0 Å². The van der Waals surface area contributed by atoms with Gasteiger partial charge in [-0.2, -0.15) is 0 Å². The van der Waals surface area contributed by atoms with Crippen LogP contribution in [-0.2, 0) is 6.54 Å². The van der Waals surface area contributed by atoms with Crippen LogP contribution in [0.1, 0.15) is 55.9 Å². The molecule has 5 heteroatoms.